The molecule has 4 rings (SSSR count). The second-order valence-electron chi connectivity index (χ2n) is 6.13. The van der Waals surface area contributed by atoms with Crippen molar-refractivity contribution in [1.29, 1.82) is 5.26 Å². The molecule has 122 valence electrons. The minimum Gasteiger partial charge on any atom is -0.366 e. The normalized spacial score (nSPS) is 13.3. The lowest BCUT2D eigenvalue weighted by molar-refractivity contribution is 0.627. The van der Waals surface area contributed by atoms with Crippen molar-refractivity contribution in [3.8, 4) is 28.3 Å². The molecule has 0 spiro atoms. The smallest absolute Gasteiger partial charge is 0.149 e. The zero-order chi connectivity index (χ0) is 17.2. The molecule has 1 aliphatic rings. The molecule has 2 aromatic carbocycles. The van der Waals surface area contributed by atoms with E-state index in [9.17, 15) is 9.65 Å². The fraction of sp³-hybridized carbons (Fsp3) is 0.150. The first-order valence-electron chi connectivity index (χ1n) is 8.12. The monoisotopic (exact) mass is 330 g/mol. The second-order valence-corrected chi connectivity index (χ2v) is 6.13. The van der Waals surface area contributed by atoms with Crippen molar-refractivity contribution in [1.82, 2.24) is 10.2 Å². The number of aromatic nitrogens is 2. The van der Waals surface area contributed by atoms with Gasteiger partial charge in [-0.1, -0.05) is 24.3 Å². The molecule has 1 aliphatic carbocycles. The van der Waals surface area contributed by atoms with Crippen molar-refractivity contribution in [3.05, 3.63) is 66.1 Å². The number of anilines is 1. The molecule has 1 saturated carbocycles. The zero-order valence-corrected chi connectivity index (χ0v) is 13.4. The molecule has 0 saturated heterocycles. The topological polar surface area (TPSA) is 61.6 Å². The average Bonchev–Trinajstić information content (AvgIpc) is 3.46. The van der Waals surface area contributed by atoms with E-state index >= 15 is 0 Å². The van der Waals surface area contributed by atoms with E-state index < -0.39 is 5.82 Å². The number of nitrogens with one attached hydrogen (secondary N) is 1. The van der Waals surface area contributed by atoms with Gasteiger partial charge in [-0.25, -0.2) is 4.39 Å². The Labute approximate surface area is 145 Å². The van der Waals surface area contributed by atoms with Gasteiger partial charge in [0.1, 0.15) is 11.6 Å². The van der Waals surface area contributed by atoms with E-state index in [4.69, 9.17) is 0 Å². The number of nitrogens with zero attached hydrogens (tertiary/aromatic N) is 3. The maximum absolute atomic E-state index is 13.4. The quantitative estimate of drug-likeness (QED) is 0.770. The summed E-state index contributed by atoms with van der Waals surface area (Å²) in [7, 11) is 0. The summed E-state index contributed by atoms with van der Waals surface area (Å²) in [4.78, 5) is 0. The number of halogens is 1. The minimum absolute atomic E-state index is 0.320. The van der Waals surface area contributed by atoms with E-state index in [1.165, 1.54) is 25.0 Å². The summed E-state index contributed by atoms with van der Waals surface area (Å²) in [6, 6.07) is 16.6. The van der Waals surface area contributed by atoms with Gasteiger partial charge in [-0.05, 0) is 53.8 Å². The fourth-order valence-electron chi connectivity index (χ4n) is 2.76. The Morgan fingerprint density at radius 2 is 1.88 bits per heavy atom. The molecule has 0 amide bonds. The Morgan fingerprint density at radius 1 is 1.04 bits per heavy atom. The van der Waals surface area contributed by atoms with Gasteiger partial charge in [0.25, 0.3) is 0 Å². The number of hydrogen-bond acceptors (Lipinski definition) is 4. The molecule has 25 heavy (non-hydrogen) atoms. The van der Waals surface area contributed by atoms with Crippen LogP contribution in [0.4, 0.5) is 10.2 Å². The van der Waals surface area contributed by atoms with E-state index in [-0.39, 0.29) is 0 Å². The first-order chi connectivity index (χ1) is 12.2. The van der Waals surface area contributed by atoms with Gasteiger partial charge in [0.05, 0.1) is 17.8 Å². The van der Waals surface area contributed by atoms with Crippen molar-refractivity contribution in [2.24, 2.45) is 0 Å². The lowest BCUT2D eigenvalue weighted by atomic mass is 9.97. The lowest BCUT2D eigenvalue weighted by Crippen LogP contribution is -2.03. The molecule has 0 bridgehead atoms. The first kappa shape index (κ1) is 15.3. The highest BCUT2D eigenvalue weighted by Gasteiger charge is 2.21. The molecule has 1 aromatic heterocycles. The highest BCUT2D eigenvalue weighted by molar-refractivity contribution is 5.76. The third kappa shape index (κ3) is 3.33. The Bertz CT molecular complexity index is 973. The van der Waals surface area contributed by atoms with Gasteiger partial charge in [0, 0.05) is 11.6 Å². The summed E-state index contributed by atoms with van der Waals surface area (Å²) in [5, 5.41) is 20.8. The minimum atomic E-state index is -0.411. The first-order valence-corrected chi connectivity index (χ1v) is 8.12. The van der Waals surface area contributed by atoms with Crippen LogP contribution in [0, 0.1) is 17.1 Å². The van der Waals surface area contributed by atoms with E-state index in [0.717, 1.165) is 22.5 Å². The van der Waals surface area contributed by atoms with Gasteiger partial charge in [0.15, 0.2) is 0 Å². The zero-order valence-electron chi connectivity index (χ0n) is 13.4. The van der Waals surface area contributed by atoms with Crippen LogP contribution in [0.3, 0.4) is 0 Å². The summed E-state index contributed by atoms with van der Waals surface area (Å²) in [6.45, 7) is 0. The number of benzene rings is 2. The van der Waals surface area contributed by atoms with Crippen molar-refractivity contribution in [3.63, 3.8) is 0 Å². The van der Waals surface area contributed by atoms with E-state index in [1.807, 2.05) is 30.3 Å². The predicted octanol–water partition coefficient (Wildman–Crippen LogP) is 4.40. The van der Waals surface area contributed by atoms with Crippen molar-refractivity contribution < 1.29 is 4.39 Å². The van der Waals surface area contributed by atoms with Crippen LogP contribution in [0.15, 0.2) is 54.7 Å². The molecule has 5 heteroatoms. The highest BCUT2D eigenvalue weighted by atomic mass is 19.1. The summed E-state index contributed by atoms with van der Waals surface area (Å²) in [5.74, 6) is 0.357. The highest BCUT2D eigenvalue weighted by Crippen LogP contribution is 2.30. The standard InChI is InChI=1S/C20H15FN4/c21-17-4-7-19(15(9-17)11-22)14-3-1-2-13(8-14)16-10-20(25-23-12-16)24-18-5-6-18/h1-4,7-10,12,18H,5-6H2,(H,24,25). The molecular weight excluding hydrogens is 315 g/mol. The molecule has 1 N–H and O–H groups in total. The van der Waals surface area contributed by atoms with Crippen molar-refractivity contribution >= 4 is 5.82 Å². The van der Waals surface area contributed by atoms with Crippen LogP contribution in [0.25, 0.3) is 22.3 Å². The molecule has 1 heterocycles. The maximum atomic E-state index is 13.4. The van der Waals surface area contributed by atoms with E-state index in [1.54, 1.807) is 12.3 Å². The van der Waals surface area contributed by atoms with E-state index in [2.05, 4.69) is 21.6 Å². The summed E-state index contributed by atoms with van der Waals surface area (Å²) >= 11 is 0. The third-order valence-electron chi connectivity index (χ3n) is 4.19. The van der Waals surface area contributed by atoms with Gasteiger partial charge in [0.2, 0.25) is 0 Å². The van der Waals surface area contributed by atoms with E-state index in [0.29, 0.717) is 17.2 Å². The summed E-state index contributed by atoms with van der Waals surface area (Å²) in [5.41, 5.74) is 3.81. The predicted molar refractivity (Wildman–Crippen MR) is 94.2 cm³/mol. The SMILES string of the molecule is N#Cc1cc(F)ccc1-c1cccc(-c2cnnc(NC3CC3)c2)c1. The van der Waals surface area contributed by atoms with Crippen LogP contribution in [0.2, 0.25) is 0 Å². The third-order valence-corrected chi connectivity index (χ3v) is 4.19. The van der Waals surface area contributed by atoms with Crippen LogP contribution in [0.5, 0.6) is 0 Å². The Morgan fingerprint density at radius 3 is 2.68 bits per heavy atom. The average molecular weight is 330 g/mol. The van der Waals surface area contributed by atoms with Crippen LogP contribution in [-0.2, 0) is 0 Å². The van der Waals surface area contributed by atoms with Gasteiger partial charge in [-0.3, -0.25) is 0 Å². The van der Waals surface area contributed by atoms with Gasteiger partial charge in [-0.15, -0.1) is 5.10 Å². The van der Waals surface area contributed by atoms with Gasteiger partial charge in [-0.2, -0.15) is 10.4 Å². The van der Waals surface area contributed by atoms with Crippen LogP contribution in [0.1, 0.15) is 18.4 Å². The molecular formula is C20H15FN4. The molecule has 0 radical (unpaired) electrons. The summed E-state index contributed by atoms with van der Waals surface area (Å²) < 4.78 is 13.4. The molecule has 0 unspecified atom stereocenters. The Kier molecular flexibility index (Phi) is 3.87. The van der Waals surface area contributed by atoms with Gasteiger partial charge >= 0.3 is 0 Å². The maximum Gasteiger partial charge on any atom is 0.149 e. The molecule has 3 aromatic rings. The van der Waals surface area contributed by atoms with Crippen LogP contribution < -0.4 is 5.32 Å². The fourth-order valence-corrected chi connectivity index (χ4v) is 2.76. The molecule has 4 nitrogen and oxygen atoms in total. The number of hydrogen-bond donors (Lipinski definition) is 1. The number of nitriles is 1. The molecule has 0 aliphatic heterocycles. The summed E-state index contributed by atoms with van der Waals surface area (Å²) in [6.07, 6.45) is 4.05. The number of rotatable bonds is 4. The van der Waals surface area contributed by atoms with Crippen LogP contribution in [-0.4, -0.2) is 16.2 Å². The van der Waals surface area contributed by atoms with Crippen LogP contribution >= 0.6 is 0 Å². The lowest BCUT2D eigenvalue weighted by Gasteiger charge is -2.09. The Hall–Kier alpha value is -3.26. The Balaban J connectivity index is 1.71. The van der Waals surface area contributed by atoms with Crippen molar-refractivity contribution in [2.75, 3.05) is 5.32 Å². The second kappa shape index (κ2) is 6.33. The van der Waals surface area contributed by atoms with Gasteiger partial charge < -0.3 is 5.32 Å². The molecule has 0 atom stereocenters. The molecule has 1 fully saturated rings. The largest absolute Gasteiger partial charge is 0.366 e. The van der Waals surface area contributed by atoms with Crippen molar-refractivity contribution in [2.45, 2.75) is 18.9 Å².